The number of nitrogens with two attached hydrogens (primary N) is 3. The molecule has 0 aliphatic heterocycles. The smallest absolute Gasteiger partial charge is 0.550 e. The number of carboxylic acid groups (broad SMARTS) is 4. The first-order chi connectivity index (χ1) is 12.1. The van der Waals surface area contributed by atoms with Crippen LogP contribution in [0.1, 0.15) is 53.4 Å². The maximum absolute atomic E-state index is 8.89. The Morgan fingerprint density at radius 2 is 0.903 bits per heavy atom. The number of carbonyl (C=O) groups is 4. The van der Waals surface area contributed by atoms with Crippen LogP contribution in [0, 0.1) is 0 Å². The van der Waals surface area contributed by atoms with Crippen LogP contribution >= 0.6 is 0 Å². The molecule has 1 rings (SSSR count). The van der Waals surface area contributed by atoms with E-state index in [1.54, 1.807) is 0 Å². The van der Waals surface area contributed by atoms with E-state index in [9.17, 15) is 0 Å². The molecular weight excluding hydrogens is 454 g/mol. The van der Waals surface area contributed by atoms with Crippen molar-refractivity contribution in [1.82, 2.24) is 0 Å². The van der Waals surface area contributed by atoms with E-state index in [0.29, 0.717) is 0 Å². The second-order valence-electron chi connectivity index (χ2n) is 4.93. The first kappa shape index (κ1) is 58.4. The van der Waals surface area contributed by atoms with Gasteiger partial charge in [-0.3, -0.25) is 0 Å². The molecule has 0 aromatic rings. The van der Waals surface area contributed by atoms with E-state index in [1.165, 1.54) is 6.42 Å². The van der Waals surface area contributed by atoms with Gasteiger partial charge in [-0.25, -0.2) is 0 Å². The summed E-state index contributed by atoms with van der Waals surface area (Å²) in [6, 6.07) is 0.00579. The summed E-state index contributed by atoms with van der Waals surface area (Å²) < 4.78 is 0. The predicted molar refractivity (Wildman–Crippen MR) is 91.5 cm³/mol. The standard InChI is InChI=1S/C6H15N3.4C2H4O2.C2H4.4Na/c7-5-3-1-2-4-6(5,8)9;4*1-2(3)4;1-2;;;;/h5H,1-4,7-9H2;4*1H3,(H,3,4);1-2H2;;;;/q;;;;;;4*+1/p-4. The Hall–Kier alpha value is 1.50. The molecule has 0 aromatic carbocycles. The first-order valence-electron chi connectivity index (χ1n) is 7.59. The number of hydrogen-bond acceptors (Lipinski definition) is 11. The first-order valence-corrected chi connectivity index (χ1v) is 7.59. The van der Waals surface area contributed by atoms with Crippen molar-refractivity contribution >= 4 is 23.9 Å². The molecule has 1 atom stereocenters. The molecule has 162 valence electrons. The quantitative estimate of drug-likeness (QED) is 0.165. The Bertz CT molecular complexity index is 368. The molecule has 0 amide bonds. The molecule has 11 nitrogen and oxygen atoms in total. The van der Waals surface area contributed by atoms with Crippen molar-refractivity contribution in [2.75, 3.05) is 0 Å². The summed E-state index contributed by atoms with van der Waals surface area (Å²) in [7, 11) is 0. The van der Waals surface area contributed by atoms with Gasteiger partial charge in [0.2, 0.25) is 0 Å². The normalized spacial score (nSPS) is 13.3. The van der Waals surface area contributed by atoms with Crippen molar-refractivity contribution < 1.29 is 158 Å². The Balaban J connectivity index is -0.0000000279. The fourth-order valence-electron chi connectivity index (χ4n) is 1.25. The molecule has 1 unspecified atom stereocenters. The van der Waals surface area contributed by atoms with Gasteiger partial charge in [0.05, 0.1) is 5.66 Å². The number of hydrogen-bond donors (Lipinski definition) is 3. The minimum atomic E-state index is -1.08. The van der Waals surface area contributed by atoms with Gasteiger partial charge in [-0.1, -0.05) is 12.8 Å². The predicted octanol–water partition coefficient (Wildman–Crippen LogP) is -16.7. The van der Waals surface area contributed by atoms with Gasteiger partial charge in [0.15, 0.2) is 0 Å². The molecule has 1 aliphatic rings. The van der Waals surface area contributed by atoms with Crippen molar-refractivity contribution in [3.8, 4) is 0 Å². The summed E-state index contributed by atoms with van der Waals surface area (Å²) in [6.07, 6.45) is 4.15. The molecule has 0 saturated heterocycles. The fraction of sp³-hybridized carbons (Fsp3) is 0.625. The zero-order valence-electron chi connectivity index (χ0n) is 20.3. The minimum absolute atomic E-state index is 0. The molecule has 1 fully saturated rings. The summed E-state index contributed by atoms with van der Waals surface area (Å²) in [5.74, 6) is -4.33. The second-order valence-corrected chi connectivity index (χ2v) is 4.93. The van der Waals surface area contributed by atoms with Gasteiger partial charge in [-0.05, 0) is 40.5 Å². The van der Waals surface area contributed by atoms with E-state index in [1.807, 2.05) is 0 Å². The summed E-state index contributed by atoms with van der Waals surface area (Å²) in [4.78, 5) is 35.6. The van der Waals surface area contributed by atoms with Gasteiger partial charge < -0.3 is 56.8 Å². The van der Waals surface area contributed by atoms with E-state index in [2.05, 4.69) is 13.2 Å². The average molecular weight is 485 g/mol. The molecule has 0 aromatic heterocycles. The number of carboxylic acids is 4. The topological polar surface area (TPSA) is 239 Å². The molecular formula is C16H31N3Na4O8. The van der Waals surface area contributed by atoms with E-state index >= 15 is 0 Å². The van der Waals surface area contributed by atoms with Crippen LogP contribution in [0.15, 0.2) is 13.2 Å². The van der Waals surface area contributed by atoms with Crippen LogP contribution in [0.3, 0.4) is 0 Å². The molecule has 15 heteroatoms. The second kappa shape index (κ2) is 41.7. The van der Waals surface area contributed by atoms with Crippen molar-refractivity contribution in [1.29, 1.82) is 0 Å². The van der Waals surface area contributed by atoms with E-state index in [0.717, 1.165) is 47.0 Å². The van der Waals surface area contributed by atoms with Crippen molar-refractivity contribution in [2.24, 2.45) is 17.2 Å². The summed E-state index contributed by atoms with van der Waals surface area (Å²) in [6.45, 7) is 9.89. The Labute approximate surface area is 273 Å². The van der Waals surface area contributed by atoms with Gasteiger partial charge in [0.25, 0.3) is 0 Å². The van der Waals surface area contributed by atoms with Crippen molar-refractivity contribution in [3.63, 3.8) is 0 Å². The number of rotatable bonds is 0. The minimum Gasteiger partial charge on any atom is -0.550 e. The molecule has 0 radical (unpaired) electrons. The molecule has 31 heavy (non-hydrogen) atoms. The molecule has 0 bridgehead atoms. The van der Waals surface area contributed by atoms with Crippen LogP contribution in [0.25, 0.3) is 0 Å². The largest absolute Gasteiger partial charge is 1.00 e. The average Bonchev–Trinajstić information content (AvgIpc) is 2.42. The summed E-state index contributed by atoms with van der Waals surface area (Å²) >= 11 is 0. The summed E-state index contributed by atoms with van der Waals surface area (Å²) in [5.41, 5.74) is 16.4. The van der Waals surface area contributed by atoms with Gasteiger partial charge in [0.1, 0.15) is 0 Å². The van der Waals surface area contributed by atoms with Gasteiger partial charge >= 0.3 is 118 Å². The Morgan fingerprint density at radius 3 is 1.00 bits per heavy atom. The number of carbonyl (C=O) groups excluding carboxylic acids is 4. The zero-order valence-corrected chi connectivity index (χ0v) is 28.3. The van der Waals surface area contributed by atoms with E-state index < -0.39 is 29.5 Å². The molecule has 6 N–H and O–H groups in total. The molecule has 0 spiro atoms. The number of aliphatic carboxylic acids is 4. The third-order valence-electron chi connectivity index (χ3n) is 2.07. The fourth-order valence-corrected chi connectivity index (χ4v) is 1.25. The van der Waals surface area contributed by atoms with Crippen LogP contribution < -0.4 is 156 Å². The van der Waals surface area contributed by atoms with Gasteiger partial charge in [0, 0.05) is 29.9 Å². The Morgan fingerprint density at radius 1 is 0.710 bits per heavy atom. The maximum atomic E-state index is 8.89. The zero-order chi connectivity index (χ0) is 23.2. The molecule has 0 heterocycles. The SMILES string of the molecule is C=C.CC(=O)[O-].CC(=O)[O-].CC(=O)[O-].CC(=O)[O-].NC1CCCCC1(N)N.[Na+].[Na+].[Na+].[Na+]. The summed E-state index contributed by atoms with van der Waals surface area (Å²) in [5, 5.41) is 35.6. The maximum Gasteiger partial charge on any atom is 1.00 e. The monoisotopic (exact) mass is 485 g/mol. The van der Waals surface area contributed by atoms with Crippen LogP contribution in [-0.4, -0.2) is 35.6 Å². The molecule has 1 aliphatic carbocycles. The van der Waals surface area contributed by atoms with Crippen LogP contribution in [0.5, 0.6) is 0 Å². The Kier molecular flexibility index (Phi) is 78.6. The van der Waals surface area contributed by atoms with Crippen molar-refractivity contribution in [3.05, 3.63) is 13.2 Å². The van der Waals surface area contributed by atoms with Gasteiger partial charge in [-0.15, -0.1) is 13.2 Å². The molecule has 1 saturated carbocycles. The van der Waals surface area contributed by atoms with E-state index in [-0.39, 0.29) is 124 Å². The van der Waals surface area contributed by atoms with Crippen LogP contribution in [0.4, 0.5) is 0 Å². The van der Waals surface area contributed by atoms with Crippen molar-refractivity contribution in [2.45, 2.75) is 65.1 Å². The van der Waals surface area contributed by atoms with E-state index in [4.69, 9.17) is 56.8 Å². The van der Waals surface area contributed by atoms with Crippen LogP contribution in [-0.2, 0) is 19.2 Å². The third-order valence-corrected chi connectivity index (χ3v) is 2.07. The van der Waals surface area contributed by atoms with Crippen LogP contribution in [0.2, 0.25) is 0 Å². The third kappa shape index (κ3) is 114. The van der Waals surface area contributed by atoms with Gasteiger partial charge in [-0.2, -0.15) is 0 Å².